The predicted molar refractivity (Wildman–Crippen MR) is 66.5 cm³/mol. The molecular formula is C11H11N3O3S. The van der Waals surface area contributed by atoms with E-state index < -0.39 is 0 Å². The van der Waals surface area contributed by atoms with E-state index in [4.69, 9.17) is 4.42 Å². The van der Waals surface area contributed by atoms with Crippen LogP contribution in [0.4, 0.5) is 5.69 Å². The van der Waals surface area contributed by atoms with Gasteiger partial charge in [0.25, 0.3) is 5.22 Å². The fraction of sp³-hybridized carbons (Fsp3) is 0.182. The number of nitrogens with zero attached hydrogens (tertiary/aromatic N) is 2. The summed E-state index contributed by atoms with van der Waals surface area (Å²) < 4.78 is 5.12. The normalized spacial score (nSPS) is 10.3. The topological polar surface area (TPSA) is 88.2 Å². The Labute approximate surface area is 107 Å². The Morgan fingerprint density at radius 2 is 2.22 bits per heavy atom. The Balaban J connectivity index is 1.88. The third kappa shape index (κ3) is 3.24. The van der Waals surface area contributed by atoms with Crippen LogP contribution in [0.15, 0.2) is 33.9 Å². The molecule has 2 N–H and O–H groups in total. The molecule has 1 aromatic heterocycles. The number of carbonyl (C=O) groups excluding carboxylic acids is 1. The molecule has 94 valence electrons. The first kappa shape index (κ1) is 12.4. The molecule has 2 rings (SSSR count). The van der Waals surface area contributed by atoms with Crippen molar-refractivity contribution in [3.8, 4) is 5.75 Å². The number of para-hydroxylation sites is 2. The summed E-state index contributed by atoms with van der Waals surface area (Å²) in [6.45, 7) is 1.68. The van der Waals surface area contributed by atoms with E-state index in [0.29, 0.717) is 16.8 Å². The van der Waals surface area contributed by atoms with Gasteiger partial charge in [0.1, 0.15) is 5.75 Å². The van der Waals surface area contributed by atoms with Crippen molar-refractivity contribution in [2.75, 3.05) is 11.1 Å². The number of rotatable bonds is 4. The van der Waals surface area contributed by atoms with Crippen molar-refractivity contribution in [3.05, 3.63) is 30.2 Å². The van der Waals surface area contributed by atoms with Crippen molar-refractivity contribution < 1.29 is 14.3 Å². The van der Waals surface area contributed by atoms with Gasteiger partial charge in [-0.2, -0.15) is 0 Å². The van der Waals surface area contributed by atoms with E-state index in [2.05, 4.69) is 15.5 Å². The minimum absolute atomic E-state index is 0.0319. The Hall–Kier alpha value is -2.02. The number of aromatic nitrogens is 2. The van der Waals surface area contributed by atoms with Gasteiger partial charge in [0, 0.05) is 6.92 Å². The molecule has 0 bridgehead atoms. The van der Waals surface area contributed by atoms with Crippen LogP contribution in [0.2, 0.25) is 0 Å². The number of carbonyl (C=O) groups is 1. The van der Waals surface area contributed by atoms with Gasteiger partial charge < -0.3 is 14.8 Å². The highest BCUT2D eigenvalue weighted by Crippen LogP contribution is 2.22. The summed E-state index contributed by atoms with van der Waals surface area (Å²) in [4.78, 5) is 11.6. The van der Waals surface area contributed by atoms with Crippen LogP contribution in [-0.4, -0.2) is 27.0 Å². The zero-order valence-corrected chi connectivity index (χ0v) is 10.4. The molecule has 0 atom stereocenters. The number of nitrogens with one attached hydrogen (secondary N) is 1. The minimum atomic E-state index is -0.252. The molecule has 1 aromatic carbocycles. The SMILES string of the molecule is Cc1nnc(SCC(=O)Nc2ccccc2O)o1. The molecule has 18 heavy (non-hydrogen) atoms. The monoisotopic (exact) mass is 265 g/mol. The maximum atomic E-state index is 11.6. The number of anilines is 1. The first-order valence-corrected chi connectivity index (χ1v) is 6.14. The zero-order chi connectivity index (χ0) is 13.0. The first-order chi connectivity index (χ1) is 8.65. The highest BCUT2D eigenvalue weighted by molar-refractivity contribution is 7.99. The van der Waals surface area contributed by atoms with Crippen LogP contribution in [0, 0.1) is 6.92 Å². The summed E-state index contributed by atoms with van der Waals surface area (Å²) in [5, 5.41) is 19.8. The molecular weight excluding hydrogens is 254 g/mol. The number of hydrogen-bond donors (Lipinski definition) is 2. The second-order valence-electron chi connectivity index (χ2n) is 3.44. The van der Waals surface area contributed by atoms with Crippen LogP contribution in [0.5, 0.6) is 5.75 Å². The fourth-order valence-corrected chi connectivity index (χ4v) is 1.83. The molecule has 0 spiro atoms. The van der Waals surface area contributed by atoms with Crippen LogP contribution in [-0.2, 0) is 4.79 Å². The lowest BCUT2D eigenvalue weighted by Gasteiger charge is -2.05. The molecule has 1 heterocycles. The van der Waals surface area contributed by atoms with Crippen molar-refractivity contribution in [1.82, 2.24) is 10.2 Å². The van der Waals surface area contributed by atoms with E-state index in [1.807, 2.05) is 0 Å². The summed E-state index contributed by atoms with van der Waals surface area (Å²) in [6.07, 6.45) is 0. The molecule has 0 saturated heterocycles. The van der Waals surface area contributed by atoms with Gasteiger partial charge in [0.2, 0.25) is 11.8 Å². The maximum Gasteiger partial charge on any atom is 0.277 e. The van der Waals surface area contributed by atoms with Crippen LogP contribution in [0.3, 0.4) is 0 Å². The minimum Gasteiger partial charge on any atom is -0.506 e. The molecule has 0 radical (unpaired) electrons. The first-order valence-electron chi connectivity index (χ1n) is 5.16. The van der Waals surface area contributed by atoms with Crippen molar-refractivity contribution >= 4 is 23.4 Å². The number of benzene rings is 1. The van der Waals surface area contributed by atoms with Crippen molar-refractivity contribution in [3.63, 3.8) is 0 Å². The van der Waals surface area contributed by atoms with Crippen LogP contribution < -0.4 is 5.32 Å². The van der Waals surface area contributed by atoms with Crippen LogP contribution in [0.1, 0.15) is 5.89 Å². The van der Waals surface area contributed by atoms with Gasteiger partial charge in [-0.05, 0) is 12.1 Å². The van der Waals surface area contributed by atoms with E-state index in [1.165, 1.54) is 6.07 Å². The molecule has 1 amide bonds. The van der Waals surface area contributed by atoms with Gasteiger partial charge in [0.05, 0.1) is 11.4 Å². The number of phenolic OH excluding ortho intramolecular Hbond substituents is 1. The Morgan fingerprint density at radius 1 is 1.44 bits per heavy atom. The summed E-state index contributed by atoms with van der Waals surface area (Å²) in [5.41, 5.74) is 0.379. The standard InChI is InChI=1S/C11H11N3O3S/c1-7-13-14-11(17-7)18-6-10(16)12-8-4-2-3-5-9(8)15/h2-5,15H,6H2,1H3,(H,12,16). The van der Waals surface area contributed by atoms with Gasteiger partial charge in [-0.25, -0.2) is 0 Å². The van der Waals surface area contributed by atoms with Crippen molar-refractivity contribution in [2.24, 2.45) is 0 Å². The summed E-state index contributed by atoms with van der Waals surface area (Å²) in [7, 11) is 0. The van der Waals surface area contributed by atoms with Gasteiger partial charge in [-0.1, -0.05) is 23.9 Å². The van der Waals surface area contributed by atoms with Crippen molar-refractivity contribution in [2.45, 2.75) is 12.1 Å². The maximum absolute atomic E-state index is 11.6. The number of amides is 1. The average Bonchev–Trinajstić information content (AvgIpc) is 2.76. The molecule has 2 aromatic rings. The third-order valence-corrected chi connectivity index (χ3v) is 2.83. The number of hydrogen-bond acceptors (Lipinski definition) is 6. The van der Waals surface area contributed by atoms with E-state index >= 15 is 0 Å². The van der Waals surface area contributed by atoms with Gasteiger partial charge in [-0.15, -0.1) is 10.2 Å². The van der Waals surface area contributed by atoms with E-state index in [-0.39, 0.29) is 17.4 Å². The second-order valence-corrected chi connectivity index (χ2v) is 4.37. The highest BCUT2D eigenvalue weighted by atomic mass is 32.2. The molecule has 0 aliphatic rings. The number of aromatic hydroxyl groups is 1. The fourth-order valence-electron chi connectivity index (χ4n) is 1.23. The van der Waals surface area contributed by atoms with E-state index in [0.717, 1.165) is 11.8 Å². The van der Waals surface area contributed by atoms with E-state index in [9.17, 15) is 9.90 Å². The largest absolute Gasteiger partial charge is 0.506 e. The molecule has 0 saturated carbocycles. The zero-order valence-electron chi connectivity index (χ0n) is 9.58. The van der Waals surface area contributed by atoms with Crippen LogP contribution >= 0.6 is 11.8 Å². The van der Waals surface area contributed by atoms with E-state index in [1.54, 1.807) is 25.1 Å². The summed E-state index contributed by atoms with van der Waals surface area (Å²) in [5.74, 6) is 0.371. The Morgan fingerprint density at radius 3 is 2.89 bits per heavy atom. The molecule has 6 nitrogen and oxygen atoms in total. The molecule has 7 heteroatoms. The molecule has 0 aliphatic carbocycles. The van der Waals surface area contributed by atoms with Gasteiger partial charge in [-0.3, -0.25) is 4.79 Å². The summed E-state index contributed by atoms with van der Waals surface area (Å²) >= 11 is 1.14. The quantitative estimate of drug-likeness (QED) is 0.647. The highest BCUT2D eigenvalue weighted by Gasteiger charge is 2.09. The second kappa shape index (κ2) is 5.54. The summed E-state index contributed by atoms with van der Waals surface area (Å²) in [6, 6.07) is 6.53. The Kier molecular flexibility index (Phi) is 3.83. The lowest BCUT2D eigenvalue weighted by molar-refractivity contribution is -0.113. The molecule has 0 aliphatic heterocycles. The van der Waals surface area contributed by atoms with Crippen molar-refractivity contribution in [1.29, 1.82) is 0 Å². The Bertz CT molecular complexity index is 556. The molecule has 0 unspecified atom stereocenters. The predicted octanol–water partition coefficient (Wildman–Crippen LogP) is 1.81. The lowest BCUT2D eigenvalue weighted by Crippen LogP contribution is -2.14. The molecule has 0 fully saturated rings. The number of thioether (sulfide) groups is 1. The number of phenols is 1. The van der Waals surface area contributed by atoms with Gasteiger partial charge in [0.15, 0.2) is 0 Å². The third-order valence-electron chi connectivity index (χ3n) is 2.01. The van der Waals surface area contributed by atoms with Crippen LogP contribution in [0.25, 0.3) is 0 Å². The lowest BCUT2D eigenvalue weighted by atomic mass is 10.3. The van der Waals surface area contributed by atoms with Gasteiger partial charge >= 0.3 is 0 Å². The number of aryl methyl sites for hydroxylation is 1. The average molecular weight is 265 g/mol. The smallest absolute Gasteiger partial charge is 0.277 e.